The van der Waals surface area contributed by atoms with E-state index in [9.17, 15) is 4.79 Å². The molecule has 1 aromatic heterocycles. The first-order valence-corrected chi connectivity index (χ1v) is 1.92. The topological polar surface area (TPSA) is 30.2 Å². The second-order valence-corrected chi connectivity index (χ2v) is 1.13. The van der Waals surface area contributed by atoms with Gasteiger partial charge in [0, 0.05) is 21.7 Å². The van der Waals surface area contributed by atoms with Crippen molar-refractivity contribution in [2.45, 2.75) is 0 Å². The SMILES string of the molecule is O=Cc1ccco1.[Ti]. The van der Waals surface area contributed by atoms with E-state index in [0.717, 1.165) is 0 Å². The van der Waals surface area contributed by atoms with Crippen LogP contribution >= 0.6 is 0 Å². The summed E-state index contributed by atoms with van der Waals surface area (Å²) < 4.78 is 4.61. The summed E-state index contributed by atoms with van der Waals surface area (Å²) in [6, 6.07) is 3.27. The van der Waals surface area contributed by atoms with Crippen LogP contribution < -0.4 is 0 Å². The van der Waals surface area contributed by atoms with Crippen molar-refractivity contribution >= 4 is 6.29 Å². The molecular weight excluding hydrogens is 140 g/mol. The van der Waals surface area contributed by atoms with Crippen molar-refractivity contribution in [1.29, 1.82) is 0 Å². The minimum atomic E-state index is 0. The number of hydrogen-bond acceptors (Lipinski definition) is 2. The number of carbonyl (C=O) groups is 1. The number of aldehydes is 1. The van der Waals surface area contributed by atoms with Gasteiger partial charge in [-0.2, -0.15) is 0 Å². The Kier molecular flexibility index (Phi) is 3.49. The van der Waals surface area contributed by atoms with Gasteiger partial charge in [-0.1, -0.05) is 0 Å². The van der Waals surface area contributed by atoms with Gasteiger partial charge in [-0.05, 0) is 12.1 Å². The normalized spacial score (nSPS) is 7.50. The van der Waals surface area contributed by atoms with Gasteiger partial charge in [0.25, 0.3) is 0 Å². The van der Waals surface area contributed by atoms with Crippen molar-refractivity contribution in [2.24, 2.45) is 0 Å². The first-order valence-electron chi connectivity index (χ1n) is 1.92. The number of carbonyl (C=O) groups excluding carboxylic acids is 1. The van der Waals surface area contributed by atoms with Crippen LogP contribution in [0.15, 0.2) is 22.8 Å². The molecule has 1 heterocycles. The van der Waals surface area contributed by atoms with E-state index >= 15 is 0 Å². The maximum absolute atomic E-state index is 9.77. The Bertz CT molecular complexity index is 145. The number of hydrogen-bond donors (Lipinski definition) is 0. The molecule has 1 aromatic rings. The van der Waals surface area contributed by atoms with E-state index < -0.39 is 0 Å². The standard InChI is InChI=1S/C5H4O2.Ti/c6-4-5-2-1-3-7-5;/h1-4H;. The van der Waals surface area contributed by atoms with Crippen molar-refractivity contribution in [2.75, 3.05) is 0 Å². The summed E-state index contributed by atoms with van der Waals surface area (Å²) >= 11 is 0. The molecule has 0 unspecified atom stereocenters. The third-order valence-electron chi connectivity index (χ3n) is 0.659. The Morgan fingerprint density at radius 2 is 2.38 bits per heavy atom. The molecule has 0 aliphatic rings. The molecule has 8 heavy (non-hydrogen) atoms. The monoisotopic (exact) mass is 144 g/mol. The molecule has 1 rings (SSSR count). The van der Waals surface area contributed by atoms with Gasteiger partial charge in [0.05, 0.1) is 6.26 Å². The van der Waals surface area contributed by atoms with Crippen molar-refractivity contribution in [3.63, 3.8) is 0 Å². The van der Waals surface area contributed by atoms with E-state index in [-0.39, 0.29) is 21.7 Å². The van der Waals surface area contributed by atoms with E-state index in [0.29, 0.717) is 12.0 Å². The van der Waals surface area contributed by atoms with Gasteiger partial charge in [-0.15, -0.1) is 0 Å². The average Bonchev–Trinajstić information content (AvgIpc) is 2.14. The summed E-state index contributed by atoms with van der Waals surface area (Å²) in [6.45, 7) is 0. The molecular formula is C5H4O2Ti. The predicted molar refractivity (Wildman–Crippen MR) is 24.1 cm³/mol. The minimum absolute atomic E-state index is 0. The van der Waals surface area contributed by atoms with Gasteiger partial charge < -0.3 is 4.42 Å². The fourth-order valence-electron chi connectivity index (χ4n) is 0.358. The maximum atomic E-state index is 9.77. The first kappa shape index (κ1) is 7.66. The van der Waals surface area contributed by atoms with Crippen molar-refractivity contribution in [1.82, 2.24) is 0 Å². The minimum Gasteiger partial charge on any atom is -0.462 e. The van der Waals surface area contributed by atoms with Crippen molar-refractivity contribution in [3.05, 3.63) is 24.2 Å². The van der Waals surface area contributed by atoms with E-state index in [4.69, 9.17) is 0 Å². The Morgan fingerprint density at radius 3 is 2.62 bits per heavy atom. The van der Waals surface area contributed by atoms with Crippen LogP contribution in [0.2, 0.25) is 0 Å². The zero-order chi connectivity index (χ0) is 5.11. The summed E-state index contributed by atoms with van der Waals surface area (Å²) in [5.41, 5.74) is 0. The molecule has 40 valence electrons. The molecule has 0 radical (unpaired) electrons. The average molecular weight is 144 g/mol. The van der Waals surface area contributed by atoms with Gasteiger partial charge in [-0.3, -0.25) is 4.79 Å². The summed E-state index contributed by atoms with van der Waals surface area (Å²) in [6.07, 6.45) is 2.13. The summed E-state index contributed by atoms with van der Waals surface area (Å²) in [4.78, 5) is 9.77. The summed E-state index contributed by atoms with van der Waals surface area (Å²) in [7, 11) is 0. The predicted octanol–water partition coefficient (Wildman–Crippen LogP) is 1.09. The van der Waals surface area contributed by atoms with Gasteiger partial charge in [0.15, 0.2) is 12.0 Å². The largest absolute Gasteiger partial charge is 0.462 e. The van der Waals surface area contributed by atoms with E-state index in [1.165, 1.54) is 6.26 Å². The number of furan rings is 1. The molecule has 0 saturated heterocycles. The molecule has 3 heteroatoms. The van der Waals surface area contributed by atoms with Crippen LogP contribution in [0.4, 0.5) is 0 Å². The second-order valence-electron chi connectivity index (χ2n) is 1.13. The Balaban J connectivity index is 0.000000490. The Morgan fingerprint density at radius 1 is 1.62 bits per heavy atom. The first-order chi connectivity index (χ1) is 3.43. The zero-order valence-corrected chi connectivity index (χ0v) is 5.69. The van der Waals surface area contributed by atoms with Crippen LogP contribution in [0.3, 0.4) is 0 Å². The maximum Gasteiger partial charge on any atom is 0.185 e. The van der Waals surface area contributed by atoms with E-state index in [1.54, 1.807) is 12.1 Å². The number of rotatable bonds is 1. The van der Waals surface area contributed by atoms with Crippen LogP contribution in [0.25, 0.3) is 0 Å². The fraction of sp³-hybridized carbons (Fsp3) is 0. The van der Waals surface area contributed by atoms with Gasteiger partial charge in [0.2, 0.25) is 0 Å². The third-order valence-corrected chi connectivity index (χ3v) is 0.659. The molecule has 0 atom stereocenters. The molecule has 2 nitrogen and oxygen atoms in total. The van der Waals surface area contributed by atoms with E-state index in [1.807, 2.05) is 0 Å². The molecule has 0 aromatic carbocycles. The van der Waals surface area contributed by atoms with Crippen LogP contribution in [0.1, 0.15) is 10.6 Å². The van der Waals surface area contributed by atoms with Crippen molar-refractivity contribution < 1.29 is 30.9 Å². The van der Waals surface area contributed by atoms with Gasteiger partial charge in [0.1, 0.15) is 0 Å². The van der Waals surface area contributed by atoms with Crippen LogP contribution in [0.5, 0.6) is 0 Å². The zero-order valence-electron chi connectivity index (χ0n) is 4.13. The summed E-state index contributed by atoms with van der Waals surface area (Å²) in [5, 5.41) is 0. The van der Waals surface area contributed by atoms with Crippen LogP contribution in [0, 0.1) is 0 Å². The molecule has 0 spiro atoms. The van der Waals surface area contributed by atoms with E-state index in [2.05, 4.69) is 4.42 Å². The summed E-state index contributed by atoms with van der Waals surface area (Å²) in [5.74, 6) is 0.375. The smallest absolute Gasteiger partial charge is 0.185 e. The molecule has 0 saturated carbocycles. The second kappa shape index (κ2) is 3.64. The molecule has 0 aliphatic carbocycles. The van der Waals surface area contributed by atoms with Gasteiger partial charge >= 0.3 is 0 Å². The molecule has 0 N–H and O–H groups in total. The molecule has 0 fully saturated rings. The van der Waals surface area contributed by atoms with Crippen LogP contribution in [-0.2, 0) is 21.7 Å². The Hall–Kier alpha value is -0.336. The van der Waals surface area contributed by atoms with Crippen molar-refractivity contribution in [3.8, 4) is 0 Å². The molecule has 0 bridgehead atoms. The third kappa shape index (κ3) is 1.64. The Labute approximate surface area is 61.8 Å². The quantitative estimate of drug-likeness (QED) is 0.436. The van der Waals surface area contributed by atoms with Crippen LogP contribution in [-0.4, -0.2) is 6.29 Å². The van der Waals surface area contributed by atoms with Gasteiger partial charge in [-0.25, -0.2) is 0 Å². The molecule has 0 aliphatic heterocycles. The molecule has 0 amide bonds. The fourth-order valence-corrected chi connectivity index (χ4v) is 0.358.